The predicted molar refractivity (Wildman–Crippen MR) is 67.3 cm³/mol. The Hall–Kier alpha value is -1.92. The van der Waals surface area contributed by atoms with Crippen LogP contribution in [0.3, 0.4) is 0 Å². The SMILES string of the molecule is Fc1ccc(Oc2c(Cl)nc3ncnn3c2Cl)cc1. The molecule has 0 aliphatic rings. The number of rotatable bonds is 2. The minimum Gasteiger partial charge on any atom is -0.451 e. The summed E-state index contributed by atoms with van der Waals surface area (Å²) in [6.07, 6.45) is 1.30. The molecule has 0 unspecified atom stereocenters. The quantitative estimate of drug-likeness (QED) is 0.681. The Bertz CT molecular complexity index is 744. The van der Waals surface area contributed by atoms with Crippen LogP contribution in [0.25, 0.3) is 5.78 Å². The van der Waals surface area contributed by atoms with Crippen molar-refractivity contribution in [2.24, 2.45) is 0 Å². The van der Waals surface area contributed by atoms with Crippen molar-refractivity contribution < 1.29 is 9.13 Å². The van der Waals surface area contributed by atoms with E-state index in [1.54, 1.807) is 0 Å². The minimum atomic E-state index is -0.366. The third kappa shape index (κ3) is 2.20. The molecule has 0 fully saturated rings. The molecule has 3 rings (SSSR count). The van der Waals surface area contributed by atoms with Gasteiger partial charge in [-0.3, -0.25) is 0 Å². The largest absolute Gasteiger partial charge is 0.451 e. The lowest BCUT2D eigenvalue weighted by Crippen LogP contribution is -1.98. The van der Waals surface area contributed by atoms with Gasteiger partial charge in [0.25, 0.3) is 5.78 Å². The van der Waals surface area contributed by atoms with Gasteiger partial charge in [-0.2, -0.15) is 19.6 Å². The number of fused-ring (bicyclic) bond motifs is 1. The Morgan fingerprint density at radius 3 is 2.63 bits per heavy atom. The normalized spacial score (nSPS) is 10.9. The van der Waals surface area contributed by atoms with Crippen LogP contribution >= 0.6 is 23.2 Å². The zero-order valence-corrected chi connectivity index (χ0v) is 10.7. The smallest absolute Gasteiger partial charge is 0.255 e. The zero-order chi connectivity index (χ0) is 13.4. The molecule has 19 heavy (non-hydrogen) atoms. The second kappa shape index (κ2) is 4.64. The Balaban J connectivity index is 2.06. The molecule has 0 bridgehead atoms. The van der Waals surface area contributed by atoms with E-state index in [-0.39, 0.29) is 27.7 Å². The molecule has 0 saturated heterocycles. The Morgan fingerprint density at radius 2 is 1.89 bits per heavy atom. The average Bonchev–Trinajstić information content (AvgIpc) is 2.85. The summed E-state index contributed by atoms with van der Waals surface area (Å²) in [5, 5.41) is 4.07. The molecule has 0 atom stereocenters. The van der Waals surface area contributed by atoms with E-state index in [4.69, 9.17) is 27.9 Å². The van der Waals surface area contributed by atoms with Gasteiger partial charge in [-0.25, -0.2) is 4.39 Å². The molecule has 1 aromatic carbocycles. The summed E-state index contributed by atoms with van der Waals surface area (Å²) in [6, 6.07) is 5.43. The summed E-state index contributed by atoms with van der Waals surface area (Å²) in [4.78, 5) is 7.85. The molecule has 0 amide bonds. The van der Waals surface area contributed by atoms with Gasteiger partial charge < -0.3 is 4.74 Å². The number of nitrogens with zero attached hydrogens (tertiary/aromatic N) is 4. The van der Waals surface area contributed by atoms with E-state index in [1.807, 2.05) is 0 Å². The highest BCUT2D eigenvalue weighted by atomic mass is 35.5. The maximum absolute atomic E-state index is 12.8. The summed E-state index contributed by atoms with van der Waals surface area (Å²) in [5.74, 6) is 0.412. The van der Waals surface area contributed by atoms with Crippen molar-refractivity contribution in [1.82, 2.24) is 19.6 Å². The van der Waals surface area contributed by atoms with Crippen LogP contribution in [0, 0.1) is 5.82 Å². The van der Waals surface area contributed by atoms with E-state index in [9.17, 15) is 4.39 Å². The summed E-state index contributed by atoms with van der Waals surface area (Å²) in [5.41, 5.74) is 0. The molecule has 0 aliphatic heterocycles. The fraction of sp³-hybridized carbons (Fsp3) is 0. The van der Waals surface area contributed by atoms with Gasteiger partial charge in [0, 0.05) is 0 Å². The van der Waals surface area contributed by atoms with Crippen molar-refractivity contribution in [1.29, 1.82) is 0 Å². The van der Waals surface area contributed by atoms with Crippen LogP contribution in [-0.2, 0) is 0 Å². The van der Waals surface area contributed by atoms with E-state index < -0.39 is 0 Å². The van der Waals surface area contributed by atoms with Crippen LogP contribution in [0.1, 0.15) is 0 Å². The first-order valence-corrected chi connectivity index (χ1v) is 5.89. The second-order valence-corrected chi connectivity index (χ2v) is 4.27. The fourth-order valence-corrected chi connectivity index (χ4v) is 1.97. The van der Waals surface area contributed by atoms with Gasteiger partial charge in [0.1, 0.15) is 17.9 Å². The summed E-state index contributed by atoms with van der Waals surface area (Å²) in [7, 11) is 0. The van der Waals surface area contributed by atoms with Crippen LogP contribution in [0.2, 0.25) is 10.3 Å². The number of hydrogen-bond donors (Lipinski definition) is 0. The van der Waals surface area contributed by atoms with Crippen LogP contribution in [0.15, 0.2) is 30.6 Å². The average molecular weight is 299 g/mol. The molecule has 5 nitrogen and oxygen atoms in total. The van der Waals surface area contributed by atoms with Crippen molar-refractivity contribution in [3.8, 4) is 11.5 Å². The molecule has 96 valence electrons. The van der Waals surface area contributed by atoms with Gasteiger partial charge in [-0.05, 0) is 24.3 Å². The highest BCUT2D eigenvalue weighted by molar-refractivity contribution is 6.36. The third-order valence-electron chi connectivity index (χ3n) is 2.32. The Kier molecular flexibility index (Phi) is 2.96. The third-order valence-corrected chi connectivity index (χ3v) is 2.91. The molecule has 0 N–H and O–H groups in total. The van der Waals surface area contributed by atoms with E-state index >= 15 is 0 Å². The summed E-state index contributed by atoms with van der Waals surface area (Å²) in [6.45, 7) is 0. The lowest BCUT2D eigenvalue weighted by Gasteiger charge is -2.09. The first kappa shape index (κ1) is 12.1. The molecular weight excluding hydrogens is 294 g/mol. The molecule has 2 heterocycles. The maximum atomic E-state index is 12.8. The number of aromatic nitrogens is 4. The number of ether oxygens (including phenoxy) is 1. The highest BCUT2D eigenvalue weighted by Crippen LogP contribution is 2.34. The van der Waals surface area contributed by atoms with Gasteiger partial charge in [-0.15, -0.1) is 0 Å². The molecule has 8 heteroatoms. The monoisotopic (exact) mass is 298 g/mol. The summed E-state index contributed by atoms with van der Waals surface area (Å²) >= 11 is 12.1. The van der Waals surface area contributed by atoms with Crippen LogP contribution in [-0.4, -0.2) is 19.6 Å². The van der Waals surface area contributed by atoms with Crippen LogP contribution in [0.4, 0.5) is 4.39 Å². The topological polar surface area (TPSA) is 52.3 Å². The maximum Gasteiger partial charge on any atom is 0.255 e. The number of hydrogen-bond acceptors (Lipinski definition) is 4. The van der Waals surface area contributed by atoms with Gasteiger partial charge >= 0.3 is 0 Å². The van der Waals surface area contributed by atoms with E-state index in [1.165, 1.54) is 35.1 Å². The van der Waals surface area contributed by atoms with Gasteiger partial charge in [0.2, 0.25) is 5.75 Å². The van der Waals surface area contributed by atoms with E-state index in [2.05, 4.69) is 15.1 Å². The van der Waals surface area contributed by atoms with Crippen molar-refractivity contribution in [3.63, 3.8) is 0 Å². The molecule has 0 radical (unpaired) electrons. The van der Waals surface area contributed by atoms with Gasteiger partial charge in [0.05, 0.1) is 0 Å². The molecular formula is C11H5Cl2FN4O. The molecule has 3 aromatic rings. The van der Waals surface area contributed by atoms with Crippen LogP contribution in [0.5, 0.6) is 11.5 Å². The molecule has 0 saturated carbocycles. The predicted octanol–water partition coefficient (Wildman–Crippen LogP) is 3.36. The van der Waals surface area contributed by atoms with Crippen molar-refractivity contribution in [3.05, 3.63) is 46.7 Å². The zero-order valence-electron chi connectivity index (χ0n) is 9.22. The Morgan fingerprint density at radius 1 is 1.16 bits per heavy atom. The van der Waals surface area contributed by atoms with Crippen molar-refractivity contribution >= 4 is 29.0 Å². The van der Waals surface area contributed by atoms with Gasteiger partial charge in [-0.1, -0.05) is 23.2 Å². The first-order chi connectivity index (χ1) is 9.15. The van der Waals surface area contributed by atoms with E-state index in [0.717, 1.165) is 0 Å². The standard InChI is InChI=1S/C11H5Cl2FN4O/c12-9-8(19-7-3-1-6(14)2-4-7)10(13)18-11(17-9)15-5-16-18/h1-5H. The lowest BCUT2D eigenvalue weighted by molar-refractivity contribution is 0.474. The molecule has 2 aromatic heterocycles. The molecule has 0 spiro atoms. The van der Waals surface area contributed by atoms with Gasteiger partial charge in [0.15, 0.2) is 10.3 Å². The minimum absolute atomic E-state index is 0.0508. The molecule has 0 aliphatic carbocycles. The van der Waals surface area contributed by atoms with E-state index in [0.29, 0.717) is 5.75 Å². The van der Waals surface area contributed by atoms with Crippen molar-refractivity contribution in [2.45, 2.75) is 0 Å². The van der Waals surface area contributed by atoms with Crippen LogP contribution < -0.4 is 4.74 Å². The number of benzene rings is 1. The highest BCUT2D eigenvalue weighted by Gasteiger charge is 2.16. The lowest BCUT2D eigenvalue weighted by atomic mass is 10.3. The fourth-order valence-electron chi connectivity index (χ4n) is 1.47. The Labute approximate surface area is 116 Å². The summed E-state index contributed by atoms with van der Waals surface area (Å²) < 4.78 is 19.6. The van der Waals surface area contributed by atoms with Crippen molar-refractivity contribution in [2.75, 3.05) is 0 Å². The first-order valence-electron chi connectivity index (χ1n) is 5.13. The number of halogens is 3. The second-order valence-electron chi connectivity index (χ2n) is 3.55.